The molecule has 0 aliphatic carbocycles. The number of phenols is 1. The van der Waals surface area contributed by atoms with E-state index in [4.69, 9.17) is 0 Å². The van der Waals surface area contributed by atoms with Crippen molar-refractivity contribution in [1.82, 2.24) is 10.2 Å². The van der Waals surface area contributed by atoms with E-state index in [9.17, 15) is 5.11 Å². The van der Waals surface area contributed by atoms with Crippen LogP contribution in [0.25, 0.3) is 21.1 Å². The van der Waals surface area contributed by atoms with Gasteiger partial charge in [-0.2, -0.15) is 0 Å². The summed E-state index contributed by atoms with van der Waals surface area (Å²) in [6, 6.07) is 15.8. The predicted molar refractivity (Wildman–Crippen MR) is 110 cm³/mol. The van der Waals surface area contributed by atoms with E-state index in [1.807, 2.05) is 12.1 Å². The molecule has 4 heteroatoms. The van der Waals surface area contributed by atoms with Crippen LogP contribution in [-0.4, -0.2) is 15.3 Å². The Balaban J connectivity index is 1.56. The highest BCUT2D eigenvalue weighted by molar-refractivity contribution is 7.17. The third kappa shape index (κ3) is 5.15. The molecule has 0 spiro atoms. The van der Waals surface area contributed by atoms with Gasteiger partial charge >= 0.3 is 0 Å². The summed E-state index contributed by atoms with van der Waals surface area (Å²) in [5.41, 5.74) is 3.48. The number of aryl methyl sites for hydroxylation is 1. The lowest BCUT2D eigenvalue weighted by atomic mass is 10.0. The molecule has 0 fully saturated rings. The number of rotatable bonds is 9. The molecule has 1 heterocycles. The van der Waals surface area contributed by atoms with Gasteiger partial charge in [0.15, 0.2) is 0 Å². The summed E-state index contributed by atoms with van der Waals surface area (Å²) in [5, 5.41) is 19.8. The summed E-state index contributed by atoms with van der Waals surface area (Å²) < 4.78 is 0. The second-order valence-corrected chi connectivity index (χ2v) is 7.65. The Labute approximate surface area is 159 Å². The molecular formula is C22H26N2OS. The molecule has 0 saturated carbocycles. The summed E-state index contributed by atoms with van der Waals surface area (Å²) in [6.45, 7) is 2.26. The Hall–Kier alpha value is -2.20. The monoisotopic (exact) mass is 366 g/mol. The van der Waals surface area contributed by atoms with Crippen LogP contribution in [0.1, 0.15) is 51.0 Å². The standard InChI is InChI=1S/C22H26N2OS/c1-2-3-4-5-6-7-8-17-9-11-18(12-10-17)21-23-24-22(26-21)19-13-15-20(25)16-14-19/h9-16,25H,2-8H2,1H3. The lowest BCUT2D eigenvalue weighted by Crippen LogP contribution is -1.87. The smallest absolute Gasteiger partial charge is 0.148 e. The molecule has 0 aliphatic heterocycles. The Bertz CT molecular complexity index is 794. The van der Waals surface area contributed by atoms with E-state index in [1.54, 1.807) is 23.5 Å². The molecule has 3 aromatic rings. The van der Waals surface area contributed by atoms with Crippen LogP contribution in [0.4, 0.5) is 0 Å². The lowest BCUT2D eigenvalue weighted by molar-refractivity contribution is 0.475. The van der Waals surface area contributed by atoms with Gasteiger partial charge in [-0.25, -0.2) is 0 Å². The van der Waals surface area contributed by atoms with Gasteiger partial charge in [0.1, 0.15) is 15.8 Å². The quantitative estimate of drug-likeness (QED) is 0.441. The van der Waals surface area contributed by atoms with Crippen molar-refractivity contribution < 1.29 is 5.11 Å². The Morgan fingerprint density at radius 3 is 1.88 bits per heavy atom. The van der Waals surface area contributed by atoms with Crippen molar-refractivity contribution in [2.45, 2.75) is 51.9 Å². The minimum absolute atomic E-state index is 0.263. The molecule has 0 amide bonds. The minimum Gasteiger partial charge on any atom is -0.508 e. The molecule has 1 aromatic heterocycles. The molecule has 0 bridgehead atoms. The van der Waals surface area contributed by atoms with Gasteiger partial charge in [-0.15, -0.1) is 10.2 Å². The van der Waals surface area contributed by atoms with E-state index in [-0.39, 0.29) is 5.75 Å². The van der Waals surface area contributed by atoms with E-state index < -0.39 is 0 Å². The van der Waals surface area contributed by atoms with Crippen LogP contribution in [0.3, 0.4) is 0 Å². The molecule has 0 atom stereocenters. The zero-order valence-corrected chi connectivity index (χ0v) is 16.1. The topological polar surface area (TPSA) is 46.0 Å². The number of nitrogens with zero attached hydrogens (tertiary/aromatic N) is 2. The second kappa shape index (κ2) is 9.48. The Kier molecular flexibility index (Phi) is 6.78. The normalized spacial score (nSPS) is 11.0. The van der Waals surface area contributed by atoms with Crippen molar-refractivity contribution >= 4 is 11.3 Å². The fourth-order valence-corrected chi connectivity index (χ4v) is 3.84. The summed E-state index contributed by atoms with van der Waals surface area (Å²) in [6.07, 6.45) is 9.15. The fourth-order valence-electron chi connectivity index (χ4n) is 2.98. The number of unbranched alkanes of at least 4 members (excludes halogenated alkanes) is 5. The second-order valence-electron chi connectivity index (χ2n) is 6.67. The maximum atomic E-state index is 9.40. The molecular weight excluding hydrogens is 340 g/mol. The van der Waals surface area contributed by atoms with E-state index in [2.05, 4.69) is 41.4 Å². The number of phenolic OH excluding ortho intramolecular Hbond substituents is 1. The average Bonchev–Trinajstić information content (AvgIpc) is 3.16. The van der Waals surface area contributed by atoms with Crippen LogP contribution < -0.4 is 0 Å². The highest BCUT2D eigenvalue weighted by atomic mass is 32.1. The molecule has 26 heavy (non-hydrogen) atoms. The Morgan fingerprint density at radius 2 is 1.27 bits per heavy atom. The van der Waals surface area contributed by atoms with E-state index in [1.165, 1.54) is 44.1 Å². The first-order valence-corrected chi connectivity index (χ1v) is 10.3. The number of hydrogen-bond donors (Lipinski definition) is 1. The number of aromatic hydroxyl groups is 1. The molecule has 0 radical (unpaired) electrons. The molecule has 0 aliphatic rings. The number of benzene rings is 2. The first kappa shape index (κ1) is 18.6. The van der Waals surface area contributed by atoms with Gasteiger partial charge in [0, 0.05) is 11.1 Å². The van der Waals surface area contributed by atoms with Crippen molar-refractivity contribution in [1.29, 1.82) is 0 Å². The van der Waals surface area contributed by atoms with E-state index in [0.717, 1.165) is 27.6 Å². The molecule has 2 aromatic carbocycles. The van der Waals surface area contributed by atoms with Crippen molar-refractivity contribution in [3.63, 3.8) is 0 Å². The molecule has 1 N–H and O–H groups in total. The summed E-state index contributed by atoms with van der Waals surface area (Å²) in [4.78, 5) is 0. The maximum Gasteiger partial charge on any atom is 0.148 e. The molecule has 0 saturated heterocycles. The largest absolute Gasteiger partial charge is 0.508 e. The van der Waals surface area contributed by atoms with Crippen molar-refractivity contribution in [2.75, 3.05) is 0 Å². The molecule has 3 rings (SSSR count). The molecule has 136 valence electrons. The number of hydrogen-bond acceptors (Lipinski definition) is 4. The average molecular weight is 367 g/mol. The van der Waals surface area contributed by atoms with Crippen LogP contribution >= 0.6 is 11.3 Å². The van der Waals surface area contributed by atoms with Crippen LogP contribution in [0.5, 0.6) is 5.75 Å². The van der Waals surface area contributed by atoms with Crippen LogP contribution in [0.2, 0.25) is 0 Å². The number of aromatic nitrogens is 2. The van der Waals surface area contributed by atoms with Gasteiger partial charge < -0.3 is 5.11 Å². The summed E-state index contributed by atoms with van der Waals surface area (Å²) in [5.74, 6) is 0.263. The summed E-state index contributed by atoms with van der Waals surface area (Å²) in [7, 11) is 0. The lowest BCUT2D eigenvalue weighted by Gasteiger charge is -2.03. The summed E-state index contributed by atoms with van der Waals surface area (Å²) >= 11 is 1.58. The van der Waals surface area contributed by atoms with Crippen LogP contribution in [-0.2, 0) is 6.42 Å². The predicted octanol–water partition coefficient (Wildman–Crippen LogP) is 6.48. The fraction of sp³-hybridized carbons (Fsp3) is 0.364. The first-order chi connectivity index (χ1) is 12.8. The third-order valence-corrected chi connectivity index (χ3v) is 5.58. The Morgan fingerprint density at radius 1 is 0.731 bits per heavy atom. The van der Waals surface area contributed by atoms with Crippen LogP contribution in [0.15, 0.2) is 48.5 Å². The van der Waals surface area contributed by atoms with Gasteiger partial charge in [-0.1, -0.05) is 74.6 Å². The third-order valence-electron chi connectivity index (χ3n) is 4.56. The SMILES string of the molecule is CCCCCCCCc1ccc(-c2nnc(-c3ccc(O)cc3)s2)cc1. The van der Waals surface area contributed by atoms with E-state index >= 15 is 0 Å². The van der Waals surface area contributed by atoms with Gasteiger partial charge in [0.25, 0.3) is 0 Å². The van der Waals surface area contributed by atoms with E-state index in [0.29, 0.717) is 0 Å². The van der Waals surface area contributed by atoms with Crippen molar-refractivity contribution in [2.24, 2.45) is 0 Å². The van der Waals surface area contributed by atoms with Crippen molar-refractivity contribution in [3.8, 4) is 26.9 Å². The van der Waals surface area contributed by atoms with Gasteiger partial charge in [-0.05, 0) is 42.7 Å². The van der Waals surface area contributed by atoms with Crippen LogP contribution in [0, 0.1) is 0 Å². The van der Waals surface area contributed by atoms with Gasteiger partial charge in [0.05, 0.1) is 0 Å². The first-order valence-electron chi connectivity index (χ1n) is 9.48. The highest BCUT2D eigenvalue weighted by Crippen LogP contribution is 2.30. The van der Waals surface area contributed by atoms with Gasteiger partial charge in [0.2, 0.25) is 0 Å². The van der Waals surface area contributed by atoms with Gasteiger partial charge in [-0.3, -0.25) is 0 Å². The molecule has 3 nitrogen and oxygen atoms in total. The molecule has 0 unspecified atom stereocenters. The minimum atomic E-state index is 0.263. The highest BCUT2D eigenvalue weighted by Gasteiger charge is 2.08. The van der Waals surface area contributed by atoms with Crippen molar-refractivity contribution in [3.05, 3.63) is 54.1 Å². The zero-order valence-electron chi connectivity index (χ0n) is 15.3. The maximum absolute atomic E-state index is 9.40. The zero-order chi connectivity index (χ0) is 18.2.